The van der Waals surface area contributed by atoms with Gasteiger partial charge in [0.05, 0.1) is 5.01 Å². The van der Waals surface area contributed by atoms with Gasteiger partial charge in [0.25, 0.3) is 5.56 Å². The molecule has 0 aliphatic heterocycles. The first kappa shape index (κ1) is 13.5. The Hall–Kier alpha value is -2.47. The van der Waals surface area contributed by atoms with Crippen LogP contribution in [0.4, 0.5) is 0 Å². The van der Waals surface area contributed by atoms with Gasteiger partial charge in [-0.05, 0) is 19.4 Å². The first-order valence-electron chi connectivity index (χ1n) is 6.37. The van der Waals surface area contributed by atoms with Gasteiger partial charge in [0.2, 0.25) is 5.88 Å². The summed E-state index contributed by atoms with van der Waals surface area (Å²) in [6.45, 7) is 3.83. The summed E-state index contributed by atoms with van der Waals surface area (Å²) in [5.74, 6) is -0.0130. The summed E-state index contributed by atoms with van der Waals surface area (Å²) in [7, 11) is 0. The van der Waals surface area contributed by atoms with E-state index in [1.54, 1.807) is 17.5 Å². The Morgan fingerprint density at radius 1 is 1.14 bits per heavy atom. The lowest BCUT2D eigenvalue weighted by Gasteiger charge is -2.05. The second-order valence-electron chi connectivity index (χ2n) is 4.73. The van der Waals surface area contributed by atoms with E-state index < -0.39 is 0 Å². The molecule has 0 spiro atoms. The molecule has 0 fully saturated rings. The topological polar surface area (TPSA) is 78.9 Å². The van der Waals surface area contributed by atoms with Crippen molar-refractivity contribution in [2.75, 3.05) is 0 Å². The summed E-state index contributed by atoms with van der Waals surface area (Å²) < 4.78 is 0. The molecule has 0 aliphatic carbocycles. The maximum Gasteiger partial charge on any atom is 0.262 e. The van der Waals surface area contributed by atoms with E-state index in [9.17, 15) is 9.90 Å². The van der Waals surface area contributed by atoms with E-state index in [0.29, 0.717) is 11.3 Å². The highest BCUT2D eigenvalue weighted by atomic mass is 32.1. The number of benzene rings is 1. The second-order valence-corrected chi connectivity index (χ2v) is 5.79. The third kappa shape index (κ3) is 2.57. The number of H-pyrrole nitrogens is 1. The van der Waals surface area contributed by atoms with E-state index in [-0.39, 0.29) is 22.8 Å². The van der Waals surface area contributed by atoms with Crippen LogP contribution in [0, 0.1) is 13.8 Å². The number of aromatic hydroxyl groups is 1. The molecular formula is C15H13N3O2S. The Balaban J connectivity index is 2.12. The van der Waals surface area contributed by atoms with E-state index in [1.807, 2.05) is 26.0 Å². The standard InChI is InChI=1S/C15H13N3O2S/c1-8-3-5-10(6-4-8)12-14(19)17-13(18-15(12)20)11-7-21-9(2)16-11/h3-7H,1-2H3,(H2,17,18,19,20). The van der Waals surface area contributed by atoms with Crippen LogP contribution in [0.2, 0.25) is 0 Å². The molecule has 0 saturated heterocycles. The maximum absolute atomic E-state index is 12.2. The predicted molar refractivity (Wildman–Crippen MR) is 82.5 cm³/mol. The zero-order valence-electron chi connectivity index (χ0n) is 11.5. The smallest absolute Gasteiger partial charge is 0.262 e. The van der Waals surface area contributed by atoms with Crippen molar-refractivity contribution in [3.05, 3.63) is 50.6 Å². The molecule has 0 saturated carbocycles. The molecule has 0 radical (unpaired) electrons. The van der Waals surface area contributed by atoms with Crippen LogP contribution in [0.15, 0.2) is 34.4 Å². The van der Waals surface area contributed by atoms with E-state index >= 15 is 0 Å². The number of thiazole rings is 1. The first-order valence-corrected chi connectivity index (χ1v) is 7.25. The fraction of sp³-hybridized carbons (Fsp3) is 0.133. The molecule has 1 aromatic carbocycles. The Kier molecular flexibility index (Phi) is 3.31. The van der Waals surface area contributed by atoms with Crippen molar-refractivity contribution in [1.82, 2.24) is 15.0 Å². The lowest BCUT2D eigenvalue weighted by Crippen LogP contribution is -2.12. The quantitative estimate of drug-likeness (QED) is 0.762. The molecule has 5 nitrogen and oxygen atoms in total. The highest BCUT2D eigenvalue weighted by molar-refractivity contribution is 7.09. The first-order chi connectivity index (χ1) is 10.0. The number of nitrogens with zero attached hydrogens (tertiary/aromatic N) is 2. The number of aromatic nitrogens is 3. The zero-order chi connectivity index (χ0) is 15.0. The molecule has 0 bridgehead atoms. The largest absolute Gasteiger partial charge is 0.493 e. The Bertz CT molecular complexity index is 850. The molecule has 6 heteroatoms. The van der Waals surface area contributed by atoms with Crippen LogP contribution < -0.4 is 5.56 Å². The van der Waals surface area contributed by atoms with Gasteiger partial charge in [-0.3, -0.25) is 4.79 Å². The van der Waals surface area contributed by atoms with Crippen LogP contribution >= 0.6 is 11.3 Å². The molecule has 0 amide bonds. The summed E-state index contributed by atoms with van der Waals surface area (Å²) in [5.41, 5.74) is 2.06. The fourth-order valence-corrected chi connectivity index (χ4v) is 2.63. The Morgan fingerprint density at radius 2 is 1.86 bits per heavy atom. The highest BCUT2D eigenvalue weighted by Gasteiger charge is 2.15. The minimum atomic E-state index is -0.382. The minimum absolute atomic E-state index is 0.172. The van der Waals surface area contributed by atoms with Crippen LogP contribution in [0.5, 0.6) is 5.88 Å². The molecular weight excluding hydrogens is 286 g/mol. The Labute approximate surface area is 125 Å². The van der Waals surface area contributed by atoms with E-state index in [0.717, 1.165) is 10.6 Å². The molecule has 21 heavy (non-hydrogen) atoms. The van der Waals surface area contributed by atoms with Gasteiger partial charge in [0, 0.05) is 5.38 Å². The zero-order valence-corrected chi connectivity index (χ0v) is 12.4. The number of hydrogen-bond acceptors (Lipinski definition) is 5. The summed E-state index contributed by atoms with van der Waals surface area (Å²) in [4.78, 5) is 23.2. The van der Waals surface area contributed by atoms with Crippen LogP contribution in [-0.4, -0.2) is 20.1 Å². The van der Waals surface area contributed by atoms with Gasteiger partial charge in [0.1, 0.15) is 11.3 Å². The lowest BCUT2D eigenvalue weighted by atomic mass is 10.1. The number of rotatable bonds is 2. The lowest BCUT2D eigenvalue weighted by molar-refractivity contribution is 0.454. The normalized spacial score (nSPS) is 10.8. The van der Waals surface area contributed by atoms with Crippen molar-refractivity contribution >= 4 is 11.3 Å². The average Bonchev–Trinajstić information content (AvgIpc) is 2.87. The number of aromatic amines is 1. The molecule has 106 valence electrons. The van der Waals surface area contributed by atoms with Gasteiger partial charge in [-0.25, -0.2) is 4.98 Å². The van der Waals surface area contributed by atoms with Gasteiger partial charge >= 0.3 is 0 Å². The third-order valence-corrected chi connectivity index (χ3v) is 3.88. The van der Waals surface area contributed by atoms with Gasteiger partial charge in [-0.2, -0.15) is 4.98 Å². The van der Waals surface area contributed by atoms with E-state index in [1.165, 1.54) is 11.3 Å². The van der Waals surface area contributed by atoms with Crippen molar-refractivity contribution < 1.29 is 5.11 Å². The maximum atomic E-state index is 12.2. The van der Waals surface area contributed by atoms with Crippen LogP contribution in [0.25, 0.3) is 22.6 Å². The molecule has 2 N–H and O–H groups in total. The SMILES string of the molecule is Cc1ccc(-c2c(O)nc(-c3csc(C)n3)[nH]c2=O)cc1. The fourth-order valence-electron chi connectivity index (χ4n) is 2.04. The van der Waals surface area contributed by atoms with Gasteiger partial charge < -0.3 is 10.1 Å². The van der Waals surface area contributed by atoms with Crippen molar-refractivity contribution in [3.8, 4) is 28.5 Å². The van der Waals surface area contributed by atoms with E-state index in [2.05, 4.69) is 15.0 Å². The molecule has 2 heterocycles. The number of nitrogens with one attached hydrogen (secondary N) is 1. The van der Waals surface area contributed by atoms with Gasteiger partial charge in [0.15, 0.2) is 5.82 Å². The molecule has 3 aromatic rings. The van der Waals surface area contributed by atoms with Crippen molar-refractivity contribution in [3.63, 3.8) is 0 Å². The van der Waals surface area contributed by atoms with Gasteiger partial charge in [-0.15, -0.1) is 11.3 Å². The van der Waals surface area contributed by atoms with E-state index in [4.69, 9.17) is 0 Å². The minimum Gasteiger partial charge on any atom is -0.493 e. The van der Waals surface area contributed by atoms with Crippen LogP contribution in [0.3, 0.4) is 0 Å². The molecule has 0 atom stereocenters. The monoisotopic (exact) mass is 299 g/mol. The summed E-state index contributed by atoms with van der Waals surface area (Å²) >= 11 is 1.46. The summed E-state index contributed by atoms with van der Waals surface area (Å²) in [5, 5.41) is 12.8. The summed E-state index contributed by atoms with van der Waals surface area (Å²) in [6, 6.07) is 7.33. The second kappa shape index (κ2) is 5.14. The number of aryl methyl sites for hydroxylation is 2. The summed E-state index contributed by atoms with van der Waals surface area (Å²) in [6.07, 6.45) is 0. The molecule has 0 aliphatic rings. The van der Waals surface area contributed by atoms with Gasteiger partial charge in [-0.1, -0.05) is 29.8 Å². The highest BCUT2D eigenvalue weighted by Crippen LogP contribution is 2.26. The molecule has 2 aromatic heterocycles. The van der Waals surface area contributed by atoms with Crippen molar-refractivity contribution in [2.45, 2.75) is 13.8 Å². The van der Waals surface area contributed by atoms with Crippen LogP contribution in [-0.2, 0) is 0 Å². The molecule has 0 unspecified atom stereocenters. The third-order valence-electron chi connectivity index (χ3n) is 3.10. The van der Waals surface area contributed by atoms with Crippen molar-refractivity contribution in [1.29, 1.82) is 0 Å². The number of hydrogen-bond donors (Lipinski definition) is 2. The average molecular weight is 299 g/mol. The van der Waals surface area contributed by atoms with Crippen molar-refractivity contribution in [2.24, 2.45) is 0 Å². The molecule has 3 rings (SSSR count). The predicted octanol–water partition coefficient (Wildman–Crippen LogP) is 2.88. The Morgan fingerprint density at radius 3 is 2.43 bits per heavy atom. The van der Waals surface area contributed by atoms with Crippen LogP contribution in [0.1, 0.15) is 10.6 Å².